The maximum absolute atomic E-state index is 13.1. The van der Waals surface area contributed by atoms with Crippen LogP contribution in [0.25, 0.3) is 0 Å². The van der Waals surface area contributed by atoms with E-state index >= 15 is 0 Å². The van der Waals surface area contributed by atoms with Gasteiger partial charge in [0.1, 0.15) is 5.82 Å². The number of carboxylic acids is 2. The second-order valence-electron chi connectivity index (χ2n) is 8.89. The molecule has 0 unspecified atom stereocenters. The van der Waals surface area contributed by atoms with E-state index in [-0.39, 0.29) is 29.7 Å². The summed E-state index contributed by atoms with van der Waals surface area (Å²) in [5.74, 6) is -3.95. The number of carboxylic acid groups (broad SMARTS) is 2. The SMILES string of the molecule is O=C(O)C(=O)O.O=C(c1ccc(F)cc1)C1CCN(CCn2nc3c(c(CO)c2=O)CCCC3)CC1. The Kier molecular flexibility index (Phi) is 9.43. The molecule has 36 heavy (non-hydrogen) atoms. The standard InChI is InChI=1S/C23H28FN3O3.C2H2O4/c24-18-7-5-16(6-8-18)22(29)17-9-11-26(12-10-17)13-14-27-23(30)20(15-28)19-3-1-2-4-21(19)25-27;3-1(4)2(5)6/h5-8,17,28H,1-4,9-15H2;(H,3,4)(H,5,6). The summed E-state index contributed by atoms with van der Waals surface area (Å²) in [6, 6.07) is 5.76. The molecule has 2 aromatic rings. The number of likely N-dealkylation sites (tertiary alicyclic amines) is 1. The van der Waals surface area contributed by atoms with E-state index in [1.54, 1.807) is 12.1 Å². The van der Waals surface area contributed by atoms with Crippen LogP contribution in [0.1, 0.15) is 52.9 Å². The second kappa shape index (κ2) is 12.5. The molecule has 10 nitrogen and oxygen atoms in total. The van der Waals surface area contributed by atoms with Crippen molar-refractivity contribution < 1.29 is 34.1 Å². The summed E-state index contributed by atoms with van der Waals surface area (Å²) in [6.07, 6.45) is 5.30. The molecule has 11 heteroatoms. The Morgan fingerprint density at radius 2 is 1.58 bits per heavy atom. The van der Waals surface area contributed by atoms with Gasteiger partial charge in [0, 0.05) is 23.6 Å². The van der Waals surface area contributed by atoms with Crippen LogP contribution in [0.5, 0.6) is 0 Å². The zero-order valence-corrected chi connectivity index (χ0v) is 19.9. The number of benzene rings is 1. The maximum atomic E-state index is 13.1. The highest BCUT2D eigenvalue weighted by molar-refractivity contribution is 6.27. The molecule has 0 radical (unpaired) electrons. The van der Waals surface area contributed by atoms with Crippen LogP contribution in [0, 0.1) is 11.7 Å². The summed E-state index contributed by atoms with van der Waals surface area (Å²) < 4.78 is 14.6. The van der Waals surface area contributed by atoms with Crippen LogP contribution in [-0.2, 0) is 35.6 Å². The van der Waals surface area contributed by atoms with Gasteiger partial charge in [0.25, 0.3) is 5.56 Å². The van der Waals surface area contributed by atoms with E-state index in [1.165, 1.54) is 16.8 Å². The van der Waals surface area contributed by atoms with E-state index in [9.17, 15) is 19.1 Å². The number of aliphatic carboxylic acids is 2. The van der Waals surface area contributed by atoms with Crippen LogP contribution in [0.3, 0.4) is 0 Å². The lowest BCUT2D eigenvalue weighted by Crippen LogP contribution is -2.40. The average Bonchev–Trinajstić information content (AvgIpc) is 2.88. The van der Waals surface area contributed by atoms with Crippen molar-refractivity contribution in [2.45, 2.75) is 51.7 Å². The third kappa shape index (κ3) is 6.82. The molecular weight excluding hydrogens is 473 g/mol. The monoisotopic (exact) mass is 503 g/mol. The number of rotatable bonds is 6. The Morgan fingerprint density at radius 3 is 2.17 bits per heavy atom. The Balaban J connectivity index is 0.000000538. The molecule has 0 saturated carbocycles. The summed E-state index contributed by atoms with van der Waals surface area (Å²) in [7, 11) is 0. The predicted molar refractivity (Wildman–Crippen MR) is 126 cm³/mol. The minimum atomic E-state index is -1.82. The number of hydrogen-bond donors (Lipinski definition) is 3. The number of piperidine rings is 1. The number of aliphatic hydroxyl groups excluding tert-OH is 1. The van der Waals surface area contributed by atoms with Crippen LogP contribution < -0.4 is 5.56 Å². The molecule has 0 amide bonds. The molecule has 1 saturated heterocycles. The van der Waals surface area contributed by atoms with E-state index in [4.69, 9.17) is 19.8 Å². The fraction of sp³-hybridized carbons (Fsp3) is 0.480. The fourth-order valence-electron chi connectivity index (χ4n) is 4.62. The van der Waals surface area contributed by atoms with Gasteiger partial charge in [0.15, 0.2) is 5.78 Å². The van der Waals surface area contributed by atoms with Crippen molar-refractivity contribution in [1.29, 1.82) is 0 Å². The minimum absolute atomic E-state index is 0.0442. The molecule has 3 N–H and O–H groups in total. The first-order valence-corrected chi connectivity index (χ1v) is 11.9. The molecular formula is C25H30FN3O7. The number of nitrogens with zero attached hydrogens (tertiary/aromatic N) is 3. The van der Waals surface area contributed by atoms with E-state index < -0.39 is 11.9 Å². The normalized spacial score (nSPS) is 15.9. The molecule has 0 spiro atoms. The van der Waals surface area contributed by atoms with Gasteiger partial charge in [-0.2, -0.15) is 5.10 Å². The van der Waals surface area contributed by atoms with Gasteiger partial charge in [-0.25, -0.2) is 18.7 Å². The smallest absolute Gasteiger partial charge is 0.414 e. The van der Waals surface area contributed by atoms with Crippen LogP contribution in [0.15, 0.2) is 29.1 Å². The Bertz CT molecular complexity index is 1140. The minimum Gasteiger partial charge on any atom is -0.473 e. The molecule has 2 aliphatic rings. The van der Waals surface area contributed by atoms with Crippen LogP contribution >= 0.6 is 0 Å². The first kappa shape index (κ1) is 27.2. The summed E-state index contributed by atoms with van der Waals surface area (Å²) in [4.78, 5) is 45.8. The first-order valence-electron chi connectivity index (χ1n) is 11.9. The first-order chi connectivity index (χ1) is 17.2. The van der Waals surface area contributed by atoms with Crippen molar-refractivity contribution in [3.63, 3.8) is 0 Å². The van der Waals surface area contributed by atoms with Crippen molar-refractivity contribution in [2.75, 3.05) is 19.6 Å². The molecule has 194 valence electrons. The Morgan fingerprint density at radius 1 is 0.972 bits per heavy atom. The van der Waals surface area contributed by atoms with E-state index in [2.05, 4.69) is 10.00 Å². The van der Waals surface area contributed by atoms with Crippen LogP contribution in [-0.4, -0.2) is 67.4 Å². The number of aryl methyl sites for hydroxylation is 1. The van der Waals surface area contributed by atoms with E-state index in [0.29, 0.717) is 24.2 Å². The highest BCUT2D eigenvalue weighted by Gasteiger charge is 2.26. The van der Waals surface area contributed by atoms with Gasteiger partial charge < -0.3 is 20.2 Å². The molecule has 1 aromatic carbocycles. The quantitative estimate of drug-likeness (QED) is 0.394. The number of hydrogen-bond acceptors (Lipinski definition) is 7. The highest BCUT2D eigenvalue weighted by Crippen LogP contribution is 2.23. The lowest BCUT2D eigenvalue weighted by molar-refractivity contribution is -0.159. The van der Waals surface area contributed by atoms with Crippen LogP contribution in [0.4, 0.5) is 4.39 Å². The summed E-state index contributed by atoms with van der Waals surface area (Å²) in [5.41, 5.74) is 2.79. The number of carbonyl (C=O) groups excluding carboxylic acids is 1. The second-order valence-corrected chi connectivity index (χ2v) is 8.89. The molecule has 0 bridgehead atoms. The van der Waals surface area contributed by atoms with Gasteiger partial charge >= 0.3 is 11.9 Å². The Labute approximate surface area is 207 Å². The molecule has 1 aliphatic carbocycles. The summed E-state index contributed by atoms with van der Waals surface area (Å²) in [6.45, 7) is 2.50. The maximum Gasteiger partial charge on any atom is 0.414 e. The van der Waals surface area contributed by atoms with Gasteiger partial charge in [-0.05, 0) is 81.4 Å². The third-order valence-corrected chi connectivity index (χ3v) is 6.59. The number of fused-ring (bicyclic) bond motifs is 1. The Hall–Kier alpha value is -3.44. The molecule has 1 fully saturated rings. The predicted octanol–water partition coefficient (Wildman–Crippen LogP) is 1.50. The van der Waals surface area contributed by atoms with Crippen molar-refractivity contribution in [1.82, 2.24) is 14.7 Å². The molecule has 2 heterocycles. The summed E-state index contributed by atoms with van der Waals surface area (Å²) in [5, 5.41) is 29.1. The van der Waals surface area contributed by atoms with Gasteiger partial charge in [0.05, 0.1) is 18.8 Å². The molecule has 1 aliphatic heterocycles. The van der Waals surface area contributed by atoms with Gasteiger partial charge in [-0.15, -0.1) is 0 Å². The van der Waals surface area contributed by atoms with E-state index in [0.717, 1.165) is 62.9 Å². The number of ketones is 1. The number of Topliss-reactive ketones (excluding diaryl/α,β-unsaturated/α-hetero) is 1. The lowest BCUT2D eigenvalue weighted by Gasteiger charge is -2.31. The topological polar surface area (TPSA) is 150 Å². The van der Waals surface area contributed by atoms with Crippen molar-refractivity contribution >= 4 is 17.7 Å². The van der Waals surface area contributed by atoms with E-state index in [1.807, 2.05) is 0 Å². The summed E-state index contributed by atoms with van der Waals surface area (Å²) >= 11 is 0. The largest absolute Gasteiger partial charge is 0.473 e. The fourth-order valence-corrected chi connectivity index (χ4v) is 4.62. The zero-order chi connectivity index (χ0) is 26.2. The number of aliphatic hydroxyl groups is 1. The van der Waals surface area contributed by atoms with Gasteiger partial charge in [-0.1, -0.05) is 0 Å². The van der Waals surface area contributed by atoms with Crippen LogP contribution in [0.2, 0.25) is 0 Å². The van der Waals surface area contributed by atoms with Gasteiger partial charge in [-0.3, -0.25) is 9.59 Å². The average molecular weight is 504 g/mol. The molecule has 0 atom stereocenters. The third-order valence-electron chi connectivity index (χ3n) is 6.59. The number of aromatic nitrogens is 2. The van der Waals surface area contributed by atoms with Crippen molar-refractivity contribution in [3.8, 4) is 0 Å². The number of carbonyl (C=O) groups is 3. The molecule has 1 aromatic heterocycles. The van der Waals surface area contributed by atoms with Crippen molar-refractivity contribution in [3.05, 3.63) is 62.8 Å². The molecule has 4 rings (SSSR count). The zero-order valence-electron chi connectivity index (χ0n) is 19.9. The van der Waals surface area contributed by atoms with Gasteiger partial charge in [0.2, 0.25) is 0 Å². The lowest BCUT2D eigenvalue weighted by atomic mass is 9.89. The number of halogens is 1. The van der Waals surface area contributed by atoms with Crippen molar-refractivity contribution in [2.24, 2.45) is 5.92 Å². The highest BCUT2D eigenvalue weighted by atomic mass is 19.1.